The van der Waals surface area contributed by atoms with Gasteiger partial charge in [-0.25, -0.2) is 4.98 Å². The van der Waals surface area contributed by atoms with Gasteiger partial charge in [-0.15, -0.1) is 11.3 Å². The van der Waals surface area contributed by atoms with E-state index in [1.165, 1.54) is 6.42 Å². The lowest BCUT2D eigenvalue weighted by molar-refractivity contribution is -0.120. The van der Waals surface area contributed by atoms with Crippen LogP contribution in [0.5, 0.6) is 5.75 Å². The van der Waals surface area contributed by atoms with Crippen LogP contribution < -0.4 is 10.1 Å². The van der Waals surface area contributed by atoms with Crippen LogP contribution >= 0.6 is 11.3 Å². The van der Waals surface area contributed by atoms with Gasteiger partial charge in [-0.1, -0.05) is 26.2 Å². The van der Waals surface area contributed by atoms with Crippen LogP contribution in [0.3, 0.4) is 0 Å². The van der Waals surface area contributed by atoms with E-state index in [0.717, 1.165) is 43.8 Å². The van der Waals surface area contributed by atoms with Gasteiger partial charge in [0, 0.05) is 56.5 Å². The van der Waals surface area contributed by atoms with Crippen LogP contribution in [0.2, 0.25) is 0 Å². The molecule has 2 aliphatic rings. The molecule has 202 valence electrons. The summed E-state index contributed by atoms with van der Waals surface area (Å²) in [4.78, 5) is 35.0. The Kier molecular flexibility index (Phi) is 9.56. The van der Waals surface area contributed by atoms with Gasteiger partial charge in [0.15, 0.2) is 0 Å². The van der Waals surface area contributed by atoms with E-state index in [0.29, 0.717) is 30.2 Å². The number of aromatic nitrogens is 1. The summed E-state index contributed by atoms with van der Waals surface area (Å²) in [5.74, 6) is 0.636. The van der Waals surface area contributed by atoms with Gasteiger partial charge < -0.3 is 19.7 Å². The second kappa shape index (κ2) is 12.8. The Balaban J connectivity index is 1.59. The predicted octanol–water partition coefficient (Wildman–Crippen LogP) is 4.67. The summed E-state index contributed by atoms with van der Waals surface area (Å²) >= 11 is 1.65. The molecule has 1 fully saturated rings. The van der Waals surface area contributed by atoms with Gasteiger partial charge in [-0.05, 0) is 43.9 Å². The van der Waals surface area contributed by atoms with Gasteiger partial charge in [-0.3, -0.25) is 14.5 Å². The van der Waals surface area contributed by atoms with Crippen molar-refractivity contribution in [3.63, 3.8) is 0 Å². The Bertz CT molecular complexity index is 1040. The lowest BCUT2D eigenvalue weighted by Gasteiger charge is -2.35. The zero-order chi connectivity index (χ0) is 26.4. The summed E-state index contributed by atoms with van der Waals surface area (Å²) in [7, 11) is 3.50. The Hall–Kier alpha value is -2.49. The maximum atomic E-state index is 13.6. The fourth-order valence-corrected chi connectivity index (χ4v) is 5.90. The largest absolute Gasteiger partial charge is 0.491 e. The maximum Gasteiger partial charge on any atom is 0.257 e. The number of anilines is 1. The zero-order valence-corrected chi connectivity index (χ0v) is 23.3. The third-order valence-electron chi connectivity index (χ3n) is 7.64. The molecule has 1 aromatic heterocycles. The molecule has 0 saturated heterocycles. The normalized spacial score (nSPS) is 24.5. The van der Waals surface area contributed by atoms with Crippen molar-refractivity contribution in [3.05, 3.63) is 40.3 Å². The molecular weight excluding hydrogens is 488 g/mol. The summed E-state index contributed by atoms with van der Waals surface area (Å²) in [5, 5.41) is 6.10. The van der Waals surface area contributed by atoms with Gasteiger partial charge in [-0.2, -0.15) is 0 Å². The van der Waals surface area contributed by atoms with Crippen LogP contribution in [0.15, 0.2) is 29.8 Å². The lowest BCUT2D eigenvalue weighted by Crippen LogP contribution is -2.46. The first-order chi connectivity index (χ1) is 17.9. The molecule has 2 amide bonds. The average Bonchev–Trinajstić information content (AvgIpc) is 3.42. The van der Waals surface area contributed by atoms with Gasteiger partial charge >= 0.3 is 0 Å². The first-order valence-corrected chi connectivity index (χ1v) is 14.2. The second-order valence-electron chi connectivity index (χ2n) is 10.5. The number of amides is 2. The second-order valence-corrected chi connectivity index (χ2v) is 11.5. The third-order valence-corrected chi connectivity index (χ3v) is 8.40. The van der Waals surface area contributed by atoms with Gasteiger partial charge in [0.25, 0.3) is 5.91 Å². The number of carbonyl (C=O) groups is 2. The zero-order valence-electron chi connectivity index (χ0n) is 22.4. The van der Waals surface area contributed by atoms with Crippen molar-refractivity contribution in [3.8, 4) is 5.75 Å². The molecule has 4 rings (SSSR count). The standard InChI is InChI=1S/C28H40N4O4S/c1-19-15-32(17-26-29-12-13-37-26)20(2)18-36-24-11-10-22(30-27(33)21-8-6-5-7-9-21)14-23(24)28(34)31(3)16-25(19)35-4/h10-14,19-21,25H,5-9,15-18H2,1-4H3,(H,30,33)/t19-,20+,25+/m0/s1. The number of nitrogens with zero attached hydrogens (tertiary/aromatic N) is 3. The fraction of sp³-hybridized carbons (Fsp3) is 0.607. The molecule has 0 bridgehead atoms. The fourth-order valence-electron chi connectivity index (χ4n) is 5.26. The molecule has 0 spiro atoms. The molecule has 0 radical (unpaired) electrons. The first kappa shape index (κ1) is 27.5. The molecule has 2 aromatic rings. The van der Waals surface area contributed by atoms with Crippen molar-refractivity contribution in [2.45, 2.75) is 64.6 Å². The number of fused-ring (bicyclic) bond motifs is 1. The number of thiazole rings is 1. The Morgan fingerprint density at radius 3 is 2.70 bits per heavy atom. The van der Waals surface area contributed by atoms with Crippen molar-refractivity contribution in [2.24, 2.45) is 11.8 Å². The number of carbonyl (C=O) groups excluding carboxylic acids is 2. The Morgan fingerprint density at radius 1 is 1.22 bits per heavy atom. The van der Waals surface area contributed by atoms with Crippen LogP contribution in [-0.2, 0) is 16.1 Å². The van der Waals surface area contributed by atoms with E-state index in [-0.39, 0.29) is 35.8 Å². The van der Waals surface area contributed by atoms with Crippen LogP contribution in [0, 0.1) is 11.8 Å². The summed E-state index contributed by atoms with van der Waals surface area (Å²) in [6.07, 6.45) is 6.94. The maximum absolute atomic E-state index is 13.6. The van der Waals surface area contributed by atoms with Gasteiger partial charge in [0.05, 0.1) is 18.2 Å². The minimum Gasteiger partial charge on any atom is -0.491 e. The van der Waals surface area contributed by atoms with E-state index in [1.54, 1.807) is 42.5 Å². The number of methoxy groups -OCH3 is 1. The molecule has 1 saturated carbocycles. The van der Waals surface area contributed by atoms with E-state index < -0.39 is 0 Å². The molecule has 8 nitrogen and oxygen atoms in total. The molecule has 37 heavy (non-hydrogen) atoms. The number of nitrogens with one attached hydrogen (secondary N) is 1. The highest BCUT2D eigenvalue weighted by atomic mass is 32.1. The molecule has 2 heterocycles. The van der Waals surface area contributed by atoms with E-state index in [2.05, 4.69) is 29.0 Å². The molecular formula is C28H40N4O4S. The van der Waals surface area contributed by atoms with Crippen LogP contribution in [0.25, 0.3) is 0 Å². The predicted molar refractivity (Wildman–Crippen MR) is 146 cm³/mol. The van der Waals surface area contributed by atoms with Gasteiger partial charge in [0.2, 0.25) is 5.91 Å². The van der Waals surface area contributed by atoms with Gasteiger partial charge in [0.1, 0.15) is 17.4 Å². The quantitative estimate of drug-likeness (QED) is 0.607. The number of ether oxygens (including phenoxy) is 2. The molecule has 3 atom stereocenters. The van der Waals surface area contributed by atoms with Crippen LogP contribution in [0.4, 0.5) is 5.69 Å². The number of rotatable bonds is 5. The summed E-state index contributed by atoms with van der Waals surface area (Å²) in [6, 6.07) is 5.48. The lowest BCUT2D eigenvalue weighted by atomic mass is 9.88. The monoisotopic (exact) mass is 528 g/mol. The van der Waals surface area contributed by atoms with Crippen molar-refractivity contribution in [2.75, 3.05) is 39.2 Å². The Labute approximate surface area is 224 Å². The van der Waals surface area contributed by atoms with Crippen molar-refractivity contribution < 1.29 is 19.1 Å². The molecule has 0 unspecified atom stereocenters. The smallest absolute Gasteiger partial charge is 0.257 e. The minimum absolute atomic E-state index is 0.0363. The van der Waals surface area contributed by atoms with Crippen molar-refractivity contribution in [1.29, 1.82) is 0 Å². The van der Waals surface area contributed by atoms with E-state index in [4.69, 9.17) is 9.47 Å². The number of likely N-dealkylation sites (N-methyl/N-ethyl adjacent to an activating group) is 1. The van der Waals surface area contributed by atoms with Crippen molar-refractivity contribution >= 4 is 28.8 Å². The summed E-state index contributed by atoms with van der Waals surface area (Å²) in [5.41, 5.74) is 1.08. The highest BCUT2D eigenvalue weighted by Gasteiger charge is 2.29. The van der Waals surface area contributed by atoms with E-state index in [1.807, 2.05) is 17.6 Å². The minimum atomic E-state index is -0.147. The highest BCUT2D eigenvalue weighted by Crippen LogP contribution is 2.29. The summed E-state index contributed by atoms with van der Waals surface area (Å²) < 4.78 is 12.1. The molecule has 9 heteroatoms. The molecule has 1 aliphatic heterocycles. The van der Waals surface area contributed by atoms with E-state index >= 15 is 0 Å². The molecule has 1 N–H and O–H groups in total. The topological polar surface area (TPSA) is 84.0 Å². The first-order valence-electron chi connectivity index (χ1n) is 13.3. The van der Waals surface area contributed by atoms with Crippen LogP contribution in [0.1, 0.15) is 61.3 Å². The van der Waals surface area contributed by atoms with E-state index in [9.17, 15) is 9.59 Å². The molecule has 1 aliphatic carbocycles. The number of hydrogen-bond acceptors (Lipinski definition) is 7. The number of benzene rings is 1. The highest BCUT2D eigenvalue weighted by molar-refractivity contribution is 7.09. The summed E-state index contributed by atoms with van der Waals surface area (Å²) in [6.45, 7) is 6.70. The average molecular weight is 529 g/mol. The van der Waals surface area contributed by atoms with Crippen molar-refractivity contribution in [1.82, 2.24) is 14.8 Å². The third kappa shape index (κ3) is 7.09. The van der Waals surface area contributed by atoms with Crippen LogP contribution in [-0.4, -0.2) is 72.6 Å². The SMILES string of the molecule is CO[C@@H]1CN(C)C(=O)c2cc(NC(=O)C3CCCCC3)ccc2OC[C@@H](C)N(Cc2nccs2)C[C@@H]1C. The number of hydrogen-bond donors (Lipinski definition) is 1. The molecule has 1 aromatic carbocycles. The Morgan fingerprint density at radius 2 is 2.00 bits per heavy atom.